The lowest BCUT2D eigenvalue weighted by atomic mass is 9.95. The Hall–Kier alpha value is -3.28. The molecule has 1 aliphatic heterocycles. The zero-order valence-electron chi connectivity index (χ0n) is 23.3. The number of Topliss-reactive ketones (excluding diaryl/α,β-unsaturated/α-hetero) is 1. The molecule has 3 rings (SSSR count). The summed E-state index contributed by atoms with van der Waals surface area (Å²) in [6.45, 7) is 2.25. The van der Waals surface area contributed by atoms with Crippen molar-refractivity contribution in [2.45, 2.75) is 109 Å². The van der Waals surface area contributed by atoms with Crippen LogP contribution in [-0.4, -0.2) is 22.0 Å². The maximum atomic E-state index is 12.7. The molecule has 212 valence electrons. The van der Waals surface area contributed by atoms with Gasteiger partial charge in [0.25, 0.3) is 0 Å². The maximum Gasteiger partial charge on any atom is 0.311 e. The summed E-state index contributed by atoms with van der Waals surface area (Å²) >= 11 is 0. The predicted octanol–water partition coefficient (Wildman–Crippen LogP) is 8.75. The van der Waals surface area contributed by atoms with Crippen molar-refractivity contribution < 1.29 is 29.3 Å². The van der Waals surface area contributed by atoms with E-state index in [1.165, 1.54) is 75.6 Å². The van der Waals surface area contributed by atoms with Crippen LogP contribution < -0.4 is 9.47 Å². The number of carbonyl (C=O) groups is 2. The van der Waals surface area contributed by atoms with Crippen molar-refractivity contribution in [1.29, 1.82) is 0 Å². The molecule has 2 aromatic carbocycles. The van der Waals surface area contributed by atoms with Crippen molar-refractivity contribution in [3.05, 3.63) is 59.7 Å². The minimum absolute atomic E-state index is 0.0694. The second-order valence-corrected chi connectivity index (χ2v) is 10.4. The first-order valence-corrected chi connectivity index (χ1v) is 14.7. The smallest absolute Gasteiger partial charge is 0.311 e. The lowest BCUT2D eigenvalue weighted by molar-refractivity contribution is -0.134. The summed E-state index contributed by atoms with van der Waals surface area (Å²) < 4.78 is 11.4. The topological polar surface area (TPSA) is 93.1 Å². The fraction of sp³-hybridized carbons (Fsp3) is 0.515. The molecular formula is C33H44O6. The molecule has 0 radical (unpaired) electrons. The van der Waals surface area contributed by atoms with Crippen LogP contribution in [0.5, 0.6) is 23.0 Å². The van der Waals surface area contributed by atoms with Crippen molar-refractivity contribution >= 4 is 11.8 Å². The van der Waals surface area contributed by atoms with Gasteiger partial charge >= 0.3 is 5.97 Å². The largest absolute Gasteiger partial charge is 0.508 e. The van der Waals surface area contributed by atoms with Crippen molar-refractivity contribution in [1.82, 2.24) is 0 Å². The van der Waals surface area contributed by atoms with Gasteiger partial charge in [-0.25, -0.2) is 0 Å². The Bertz CT molecular complexity index is 1070. The van der Waals surface area contributed by atoms with Crippen LogP contribution in [-0.2, 0) is 4.79 Å². The Kier molecular flexibility index (Phi) is 12.9. The normalized spacial score (nSPS) is 14.8. The Morgan fingerprint density at radius 2 is 1.51 bits per heavy atom. The van der Waals surface area contributed by atoms with Gasteiger partial charge in [-0.1, -0.05) is 82.6 Å². The van der Waals surface area contributed by atoms with E-state index in [1.54, 1.807) is 12.1 Å². The van der Waals surface area contributed by atoms with Crippen molar-refractivity contribution in [3.63, 3.8) is 0 Å². The molecule has 1 unspecified atom stereocenters. The van der Waals surface area contributed by atoms with E-state index in [4.69, 9.17) is 9.47 Å². The minimum Gasteiger partial charge on any atom is -0.508 e. The van der Waals surface area contributed by atoms with Gasteiger partial charge in [0.05, 0.1) is 6.42 Å². The monoisotopic (exact) mass is 536 g/mol. The average molecular weight is 537 g/mol. The molecule has 0 saturated heterocycles. The summed E-state index contributed by atoms with van der Waals surface area (Å²) in [5.74, 6) is -0.414. The van der Waals surface area contributed by atoms with Crippen LogP contribution in [0, 0.1) is 0 Å². The molecule has 1 aliphatic rings. The van der Waals surface area contributed by atoms with Crippen LogP contribution in [0.15, 0.2) is 48.6 Å². The fourth-order valence-electron chi connectivity index (χ4n) is 4.87. The highest BCUT2D eigenvalue weighted by Crippen LogP contribution is 2.42. The number of fused-ring (bicyclic) bond motifs is 1. The van der Waals surface area contributed by atoms with E-state index in [2.05, 4.69) is 19.1 Å². The number of rotatable bonds is 17. The quantitative estimate of drug-likeness (QED) is 0.0908. The molecule has 0 bridgehead atoms. The first-order valence-electron chi connectivity index (χ1n) is 14.7. The molecule has 6 heteroatoms. The predicted molar refractivity (Wildman–Crippen MR) is 154 cm³/mol. The molecule has 2 N–H and O–H groups in total. The molecule has 0 aliphatic carbocycles. The van der Waals surface area contributed by atoms with Gasteiger partial charge in [0.1, 0.15) is 34.7 Å². The molecule has 0 fully saturated rings. The van der Waals surface area contributed by atoms with Gasteiger partial charge in [-0.15, -0.1) is 0 Å². The number of benzene rings is 2. The number of ether oxygens (including phenoxy) is 2. The van der Waals surface area contributed by atoms with Crippen molar-refractivity contribution in [2.24, 2.45) is 0 Å². The molecule has 1 heterocycles. The molecule has 0 spiro atoms. The third-order valence-electron chi connectivity index (χ3n) is 7.11. The number of phenolic OH excluding ortho intramolecular Hbond substituents is 2. The van der Waals surface area contributed by atoms with Crippen LogP contribution in [0.1, 0.15) is 125 Å². The highest BCUT2D eigenvalue weighted by atomic mass is 16.5. The standard InChI is InChI=1S/C33H44O6/c1-2-3-4-5-6-7-8-9-10-11-12-13-14-15-16-17-32(37)38-27-22-28(35)33-29(36)24-30(39-31(33)23-27)25-18-20-26(34)21-19-25/h9-10,18-23,30,34-35H,2-8,11-17,24H2,1H3/b10-9+. The fourth-order valence-corrected chi connectivity index (χ4v) is 4.87. The zero-order chi connectivity index (χ0) is 27.9. The van der Waals surface area contributed by atoms with Gasteiger partial charge in [-0.05, 0) is 49.8 Å². The van der Waals surface area contributed by atoms with Crippen molar-refractivity contribution in [2.75, 3.05) is 0 Å². The molecule has 0 aromatic heterocycles. The molecule has 6 nitrogen and oxygen atoms in total. The number of carbonyl (C=O) groups excluding carboxylic acids is 2. The Labute approximate surface area is 233 Å². The molecule has 1 atom stereocenters. The number of hydrogen-bond donors (Lipinski definition) is 2. The van der Waals surface area contributed by atoms with Crippen LogP contribution in [0.3, 0.4) is 0 Å². The summed E-state index contributed by atoms with van der Waals surface area (Å²) in [4.78, 5) is 25.0. The van der Waals surface area contributed by atoms with E-state index in [1.807, 2.05) is 0 Å². The van der Waals surface area contributed by atoms with E-state index < -0.39 is 6.10 Å². The number of unbranched alkanes of at least 4 members (excludes halogenated alkanes) is 11. The van der Waals surface area contributed by atoms with Crippen LogP contribution in [0.25, 0.3) is 0 Å². The lowest BCUT2D eigenvalue weighted by Gasteiger charge is -2.26. The highest BCUT2D eigenvalue weighted by Gasteiger charge is 2.31. The first-order chi connectivity index (χ1) is 19.0. The maximum absolute atomic E-state index is 12.7. The van der Waals surface area contributed by atoms with E-state index >= 15 is 0 Å². The molecule has 0 saturated carbocycles. The number of esters is 1. The molecule has 2 aromatic rings. The van der Waals surface area contributed by atoms with Gasteiger partial charge in [0.15, 0.2) is 5.78 Å². The van der Waals surface area contributed by atoms with Crippen LogP contribution in [0.4, 0.5) is 0 Å². The van der Waals surface area contributed by atoms with Crippen LogP contribution in [0.2, 0.25) is 0 Å². The molecule has 39 heavy (non-hydrogen) atoms. The van der Waals surface area contributed by atoms with Gasteiger partial charge in [0.2, 0.25) is 0 Å². The third kappa shape index (κ3) is 10.4. The van der Waals surface area contributed by atoms with E-state index in [-0.39, 0.29) is 46.7 Å². The van der Waals surface area contributed by atoms with Crippen molar-refractivity contribution in [3.8, 4) is 23.0 Å². The second kappa shape index (κ2) is 16.6. The Balaban J connectivity index is 1.32. The zero-order valence-corrected chi connectivity index (χ0v) is 23.3. The summed E-state index contributed by atoms with van der Waals surface area (Å²) in [6, 6.07) is 9.22. The third-order valence-corrected chi connectivity index (χ3v) is 7.11. The first kappa shape index (κ1) is 30.3. The number of allylic oxidation sites excluding steroid dienone is 2. The minimum atomic E-state index is -0.549. The van der Waals surface area contributed by atoms with Crippen LogP contribution >= 0.6 is 0 Å². The lowest BCUT2D eigenvalue weighted by Crippen LogP contribution is -2.20. The SMILES string of the molecule is CCCCCCCC/C=C/CCCCCCCC(=O)Oc1cc(O)c2c(c1)OC(c1ccc(O)cc1)CC2=O. The average Bonchev–Trinajstić information content (AvgIpc) is 2.90. The summed E-state index contributed by atoms with van der Waals surface area (Å²) in [7, 11) is 0. The van der Waals surface area contributed by atoms with Gasteiger partial charge in [-0.2, -0.15) is 0 Å². The number of aromatic hydroxyl groups is 2. The summed E-state index contributed by atoms with van der Waals surface area (Å²) in [5, 5.41) is 19.9. The molecular weight excluding hydrogens is 492 g/mol. The van der Waals surface area contributed by atoms with Gasteiger partial charge in [0, 0.05) is 18.6 Å². The summed E-state index contributed by atoms with van der Waals surface area (Å²) in [6.07, 6.45) is 19.9. The highest BCUT2D eigenvalue weighted by molar-refractivity contribution is 6.02. The van der Waals surface area contributed by atoms with E-state index in [0.717, 1.165) is 37.7 Å². The number of hydrogen-bond acceptors (Lipinski definition) is 6. The Morgan fingerprint density at radius 1 is 0.897 bits per heavy atom. The summed E-state index contributed by atoms with van der Waals surface area (Å²) in [5.41, 5.74) is 0.833. The Morgan fingerprint density at radius 3 is 2.18 bits per heavy atom. The molecule has 0 amide bonds. The van der Waals surface area contributed by atoms with E-state index in [9.17, 15) is 19.8 Å². The van der Waals surface area contributed by atoms with Gasteiger partial charge < -0.3 is 19.7 Å². The van der Waals surface area contributed by atoms with E-state index in [0.29, 0.717) is 6.42 Å². The number of ketones is 1. The van der Waals surface area contributed by atoms with Gasteiger partial charge in [-0.3, -0.25) is 9.59 Å². The second-order valence-electron chi connectivity index (χ2n) is 10.4. The number of phenols is 2.